The van der Waals surface area contributed by atoms with Crippen molar-refractivity contribution in [2.24, 2.45) is 5.92 Å². The molecule has 1 aliphatic heterocycles. The summed E-state index contributed by atoms with van der Waals surface area (Å²) in [7, 11) is 0. The van der Waals surface area contributed by atoms with Crippen LogP contribution in [0.2, 0.25) is 5.02 Å². The summed E-state index contributed by atoms with van der Waals surface area (Å²) in [5.41, 5.74) is 0.244. The Morgan fingerprint density at radius 2 is 2.15 bits per heavy atom. The lowest BCUT2D eigenvalue weighted by Gasteiger charge is -2.36. The number of carbonyl (C=O) groups is 2. The van der Waals surface area contributed by atoms with E-state index < -0.39 is 17.7 Å². The van der Waals surface area contributed by atoms with Gasteiger partial charge in [0.15, 0.2) is 0 Å². The van der Waals surface area contributed by atoms with Crippen LogP contribution in [0.15, 0.2) is 18.2 Å². The van der Waals surface area contributed by atoms with E-state index in [4.69, 9.17) is 16.7 Å². The maximum atomic E-state index is 13.0. The maximum absolute atomic E-state index is 13.0. The summed E-state index contributed by atoms with van der Waals surface area (Å²) < 4.78 is 13.0. The lowest BCUT2D eigenvalue weighted by Crippen LogP contribution is -2.46. The van der Waals surface area contributed by atoms with Gasteiger partial charge in [-0.2, -0.15) is 0 Å². The van der Waals surface area contributed by atoms with Crippen LogP contribution in [0.25, 0.3) is 0 Å². The third-order valence-electron chi connectivity index (χ3n) is 3.65. The second kappa shape index (κ2) is 5.79. The van der Waals surface area contributed by atoms with Gasteiger partial charge in [-0.05, 0) is 38.0 Å². The number of likely N-dealkylation sites (tertiary alicyclic amines) is 1. The van der Waals surface area contributed by atoms with Gasteiger partial charge < -0.3 is 10.0 Å². The molecule has 1 fully saturated rings. The Hall–Kier alpha value is -1.62. The number of carbonyl (C=O) groups excluding carboxylic acids is 1. The van der Waals surface area contributed by atoms with Crippen LogP contribution in [0.5, 0.6) is 0 Å². The van der Waals surface area contributed by atoms with Gasteiger partial charge in [-0.25, -0.2) is 4.39 Å². The molecule has 20 heavy (non-hydrogen) atoms. The molecule has 1 heterocycles. The summed E-state index contributed by atoms with van der Waals surface area (Å²) in [5, 5.41) is 9.08. The van der Waals surface area contributed by atoms with E-state index in [1.807, 2.05) is 6.92 Å². The Bertz CT molecular complexity index is 549. The standard InChI is InChI=1S/C14H15ClFNO3/c1-8-6-9(14(19)20)4-5-17(8)13(18)11-3-2-10(16)7-12(11)15/h2-3,7-9H,4-6H2,1H3,(H,19,20). The molecular formula is C14H15ClFNO3. The van der Waals surface area contributed by atoms with Gasteiger partial charge >= 0.3 is 5.97 Å². The topological polar surface area (TPSA) is 57.6 Å². The fraction of sp³-hybridized carbons (Fsp3) is 0.429. The first-order chi connectivity index (χ1) is 9.40. The lowest BCUT2D eigenvalue weighted by molar-refractivity contribution is -0.143. The molecule has 0 radical (unpaired) electrons. The van der Waals surface area contributed by atoms with Crippen LogP contribution in [0.1, 0.15) is 30.1 Å². The van der Waals surface area contributed by atoms with Crippen molar-refractivity contribution < 1.29 is 19.1 Å². The van der Waals surface area contributed by atoms with Gasteiger partial charge in [-0.15, -0.1) is 0 Å². The van der Waals surface area contributed by atoms with Crippen LogP contribution < -0.4 is 0 Å². The van der Waals surface area contributed by atoms with Crippen LogP contribution in [-0.2, 0) is 4.79 Å². The van der Waals surface area contributed by atoms with Gasteiger partial charge in [-0.3, -0.25) is 9.59 Å². The number of nitrogens with zero attached hydrogens (tertiary/aromatic N) is 1. The van der Waals surface area contributed by atoms with E-state index >= 15 is 0 Å². The van der Waals surface area contributed by atoms with Crippen molar-refractivity contribution in [1.29, 1.82) is 0 Å². The van der Waals surface area contributed by atoms with E-state index in [0.717, 1.165) is 6.07 Å². The molecule has 1 aromatic carbocycles. The second-order valence-electron chi connectivity index (χ2n) is 5.03. The Morgan fingerprint density at radius 3 is 2.70 bits per heavy atom. The number of benzene rings is 1. The smallest absolute Gasteiger partial charge is 0.306 e. The minimum absolute atomic E-state index is 0.0718. The van der Waals surface area contributed by atoms with Gasteiger partial charge in [0.25, 0.3) is 5.91 Å². The summed E-state index contributed by atoms with van der Waals surface area (Å²) in [6.07, 6.45) is 0.837. The lowest BCUT2D eigenvalue weighted by atomic mass is 9.91. The van der Waals surface area contributed by atoms with Crippen molar-refractivity contribution in [2.75, 3.05) is 6.54 Å². The van der Waals surface area contributed by atoms with E-state index in [1.165, 1.54) is 12.1 Å². The largest absolute Gasteiger partial charge is 0.481 e. The molecule has 1 N–H and O–H groups in total. The molecule has 4 nitrogen and oxygen atoms in total. The molecule has 2 rings (SSSR count). The summed E-state index contributed by atoms with van der Waals surface area (Å²) in [6, 6.07) is 3.46. The van der Waals surface area contributed by atoms with Crippen LogP contribution >= 0.6 is 11.6 Å². The summed E-state index contributed by atoms with van der Waals surface area (Å²) >= 11 is 5.89. The number of carboxylic acids is 1. The minimum atomic E-state index is -0.830. The fourth-order valence-corrected chi connectivity index (χ4v) is 2.76. The molecular weight excluding hydrogens is 285 g/mol. The molecule has 108 valence electrons. The SMILES string of the molecule is CC1CC(C(=O)O)CCN1C(=O)c1ccc(F)cc1Cl. The predicted octanol–water partition coefficient (Wildman–Crippen LogP) is 2.80. The number of hydrogen-bond donors (Lipinski definition) is 1. The number of piperidine rings is 1. The Morgan fingerprint density at radius 1 is 1.45 bits per heavy atom. The molecule has 1 saturated heterocycles. The first-order valence-corrected chi connectivity index (χ1v) is 6.76. The van der Waals surface area contributed by atoms with Crippen molar-refractivity contribution in [3.63, 3.8) is 0 Å². The van der Waals surface area contributed by atoms with E-state index in [9.17, 15) is 14.0 Å². The summed E-state index contributed by atoms with van der Waals surface area (Å²) in [6.45, 7) is 2.18. The fourth-order valence-electron chi connectivity index (χ4n) is 2.52. The van der Waals surface area contributed by atoms with Crippen molar-refractivity contribution in [3.05, 3.63) is 34.6 Å². The van der Waals surface area contributed by atoms with Crippen LogP contribution in [0.4, 0.5) is 4.39 Å². The predicted molar refractivity (Wildman–Crippen MR) is 72.3 cm³/mol. The first-order valence-electron chi connectivity index (χ1n) is 6.39. The number of halogens is 2. The number of aliphatic carboxylic acids is 1. The highest BCUT2D eigenvalue weighted by atomic mass is 35.5. The number of amides is 1. The molecule has 0 spiro atoms. The zero-order chi connectivity index (χ0) is 14.9. The highest BCUT2D eigenvalue weighted by Crippen LogP contribution is 2.26. The van der Waals surface area contributed by atoms with Crippen molar-refractivity contribution >= 4 is 23.5 Å². The molecule has 6 heteroatoms. The summed E-state index contributed by atoms with van der Waals surface area (Å²) in [5.74, 6) is -2.03. The summed E-state index contributed by atoms with van der Waals surface area (Å²) in [4.78, 5) is 25.0. The average Bonchev–Trinajstić information content (AvgIpc) is 2.37. The van der Waals surface area contributed by atoms with E-state index in [1.54, 1.807) is 4.90 Å². The Labute approximate surface area is 121 Å². The third-order valence-corrected chi connectivity index (χ3v) is 3.96. The average molecular weight is 300 g/mol. The van der Waals surface area contributed by atoms with Gasteiger partial charge in [0.1, 0.15) is 5.82 Å². The molecule has 0 bridgehead atoms. The number of carboxylic acid groups (broad SMARTS) is 1. The van der Waals surface area contributed by atoms with Crippen molar-refractivity contribution in [2.45, 2.75) is 25.8 Å². The molecule has 0 saturated carbocycles. The van der Waals surface area contributed by atoms with Gasteiger partial charge in [0.2, 0.25) is 0 Å². The van der Waals surface area contributed by atoms with E-state index in [2.05, 4.69) is 0 Å². The number of hydrogen-bond acceptors (Lipinski definition) is 2. The van der Waals surface area contributed by atoms with E-state index in [-0.39, 0.29) is 22.5 Å². The maximum Gasteiger partial charge on any atom is 0.306 e. The molecule has 0 aliphatic carbocycles. The molecule has 0 aromatic heterocycles. The quantitative estimate of drug-likeness (QED) is 0.913. The van der Waals surface area contributed by atoms with E-state index in [0.29, 0.717) is 19.4 Å². The third kappa shape index (κ3) is 2.93. The minimum Gasteiger partial charge on any atom is -0.481 e. The number of rotatable bonds is 2. The monoisotopic (exact) mass is 299 g/mol. The second-order valence-corrected chi connectivity index (χ2v) is 5.44. The van der Waals surface area contributed by atoms with Crippen LogP contribution in [0.3, 0.4) is 0 Å². The molecule has 1 aliphatic rings. The zero-order valence-corrected chi connectivity index (χ0v) is 11.7. The van der Waals surface area contributed by atoms with Gasteiger partial charge in [0.05, 0.1) is 16.5 Å². The Balaban J connectivity index is 2.16. The highest BCUT2D eigenvalue weighted by Gasteiger charge is 2.33. The van der Waals surface area contributed by atoms with Gasteiger partial charge in [-0.1, -0.05) is 11.6 Å². The molecule has 2 atom stereocenters. The van der Waals surface area contributed by atoms with Crippen LogP contribution in [-0.4, -0.2) is 34.5 Å². The van der Waals surface area contributed by atoms with Gasteiger partial charge in [0, 0.05) is 12.6 Å². The van der Waals surface area contributed by atoms with Crippen molar-refractivity contribution in [3.8, 4) is 0 Å². The highest BCUT2D eigenvalue weighted by molar-refractivity contribution is 6.33. The normalized spacial score (nSPS) is 22.6. The first kappa shape index (κ1) is 14.8. The molecule has 1 aromatic rings. The van der Waals surface area contributed by atoms with Crippen molar-refractivity contribution in [1.82, 2.24) is 4.90 Å². The Kier molecular flexibility index (Phi) is 4.28. The van der Waals surface area contributed by atoms with Crippen LogP contribution in [0, 0.1) is 11.7 Å². The molecule has 1 amide bonds. The molecule has 2 unspecified atom stereocenters. The zero-order valence-electron chi connectivity index (χ0n) is 11.0.